The van der Waals surface area contributed by atoms with Gasteiger partial charge in [-0.15, -0.1) is 0 Å². The SMILES string of the molecule is CCC1(CC)CN(C(C)(C)C)CCN1. The Hall–Kier alpha value is -0.0800. The topological polar surface area (TPSA) is 15.3 Å². The number of hydrogen-bond donors (Lipinski definition) is 1. The molecule has 1 aliphatic heterocycles. The molecule has 0 saturated carbocycles. The minimum Gasteiger partial charge on any atom is -0.309 e. The molecule has 1 saturated heterocycles. The molecule has 0 aliphatic carbocycles. The lowest BCUT2D eigenvalue weighted by atomic mass is 9.88. The Labute approximate surface area is 89.1 Å². The van der Waals surface area contributed by atoms with Crippen LogP contribution in [0.4, 0.5) is 0 Å². The molecule has 0 aromatic carbocycles. The van der Waals surface area contributed by atoms with E-state index in [1.165, 1.54) is 25.9 Å². The van der Waals surface area contributed by atoms with Crippen molar-refractivity contribution in [3.8, 4) is 0 Å². The molecular formula is C12H26N2. The standard InChI is InChI=1S/C12H26N2/c1-6-12(7-2)10-14(9-8-13-12)11(3,4)5/h13H,6-10H2,1-5H3. The largest absolute Gasteiger partial charge is 0.309 e. The van der Waals surface area contributed by atoms with Crippen LogP contribution in [0.5, 0.6) is 0 Å². The molecule has 0 radical (unpaired) electrons. The molecule has 0 unspecified atom stereocenters. The van der Waals surface area contributed by atoms with Crippen molar-refractivity contribution >= 4 is 0 Å². The third-order valence-corrected chi connectivity index (χ3v) is 3.68. The molecule has 14 heavy (non-hydrogen) atoms. The summed E-state index contributed by atoms with van der Waals surface area (Å²) in [5.41, 5.74) is 0.684. The molecule has 0 spiro atoms. The Morgan fingerprint density at radius 1 is 1.21 bits per heavy atom. The van der Waals surface area contributed by atoms with E-state index in [2.05, 4.69) is 44.8 Å². The van der Waals surface area contributed by atoms with Crippen molar-refractivity contribution in [3.05, 3.63) is 0 Å². The molecule has 84 valence electrons. The zero-order valence-corrected chi connectivity index (χ0v) is 10.5. The quantitative estimate of drug-likeness (QED) is 0.732. The molecule has 0 aromatic rings. The second-order valence-corrected chi connectivity index (χ2v) is 5.51. The minimum atomic E-state index is 0.317. The second-order valence-electron chi connectivity index (χ2n) is 5.51. The van der Waals surface area contributed by atoms with Gasteiger partial charge >= 0.3 is 0 Å². The van der Waals surface area contributed by atoms with Crippen LogP contribution in [-0.4, -0.2) is 35.6 Å². The maximum absolute atomic E-state index is 3.69. The van der Waals surface area contributed by atoms with Gasteiger partial charge in [-0.2, -0.15) is 0 Å². The predicted octanol–water partition coefficient (Wildman–Crippen LogP) is 2.25. The van der Waals surface area contributed by atoms with Crippen molar-refractivity contribution < 1.29 is 0 Å². The van der Waals surface area contributed by atoms with Gasteiger partial charge in [-0.25, -0.2) is 0 Å². The van der Waals surface area contributed by atoms with Gasteiger partial charge in [0.25, 0.3) is 0 Å². The summed E-state index contributed by atoms with van der Waals surface area (Å²) in [6, 6.07) is 0. The molecule has 0 aromatic heterocycles. The van der Waals surface area contributed by atoms with E-state index in [9.17, 15) is 0 Å². The fraction of sp³-hybridized carbons (Fsp3) is 1.00. The maximum atomic E-state index is 3.69. The van der Waals surface area contributed by atoms with Crippen molar-refractivity contribution in [3.63, 3.8) is 0 Å². The fourth-order valence-corrected chi connectivity index (χ4v) is 2.25. The van der Waals surface area contributed by atoms with E-state index >= 15 is 0 Å². The minimum absolute atomic E-state index is 0.317. The van der Waals surface area contributed by atoms with Crippen molar-refractivity contribution in [2.45, 2.75) is 58.5 Å². The lowest BCUT2D eigenvalue weighted by Gasteiger charge is -2.48. The fourth-order valence-electron chi connectivity index (χ4n) is 2.25. The number of nitrogens with zero attached hydrogens (tertiary/aromatic N) is 1. The number of rotatable bonds is 2. The molecule has 1 rings (SSSR count). The van der Waals surface area contributed by atoms with E-state index in [0.717, 1.165) is 6.54 Å². The molecule has 1 N–H and O–H groups in total. The first-order chi connectivity index (χ1) is 6.43. The summed E-state index contributed by atoms with van der Waals surface area (Å²) < 4.78 is 0. The molecule has 0 atom stereocenters. The average Bonchev–Trinajstić information content (AvgIpc) is 2.16. The molecule has 2 heteroatoms. The van der Waals surface area contributed by atoms with Crippen LogP contribution in [0, 0.1) is 0 Å². The first-order valence-electron chi connectivity index (χ1n) is 5.93. The van der Waals surface area contributed by atoms with Crippen LogP contribution in [0.3, 0.4) is 0 Å². The van der Waals surface area contributed by atoms with Gasteiger partial charge in [-0.05, 0) is 33.6 Å². The number of hydrogen-bond acceptors (Lipinski definition) is 2. The smallest absolute Gasteiger partial charge is 0.0304 e. The lowest BCUT2D eigenvalue weighted by molar-refractivity contribution is 0.0515. The van der Waals surface area contributed by atoms with E-state index in [1.807, 2.05) is 0 Å². The molecule has 1 aliphatic rings. The van der Waals surface area contributed by atoms with Crippen LogP contribution in [0.15, 0.2) is 0 Å². The zero-order chi connectivity index (χ0) is 10.8. The first-order valence-corrected chi connectivity index (χ1v) is 5.93. The number of nitrogens with one attached hydrogen (secondary N) is 1. The summed E-state index contributed by atoms with van der Waals surface area (Å²) in [6.07, 6.45) is 2.46. The number of piperazine rings is 1. The van der Waals surface area contributed by atoms with E-state index in [4.69, 9.17) is 0 Å². The molecule has 2 nitrogen and oxygen atoms in total. The van der Waals surface area contributed by atoms with Crippen molar-refractivity contribution in [2.24, 2.45) is 0 Å². The average molecular weight is 198 g/mol. The normalized spacial score (nSPS) is 23.8. The maximum Gasteiger partial charge on any atom is 0.0304 e. The van der Waals surface area contributed by atoms with Gasteiger partial charge in [0.1, 0.15) is 0 Å². The molecule has 1 fully saturated rings. The highest BCUT2D eigenvalue weighted by atomic mass is 15.3. The van der Waals surface area contributed by atoms with Crippen LogP contribution < -0.4 is 5.32 Å². The van der Waals surface area contributed by atoms with Crippen LogP contribution >= 0.6 is 0 Å². The van der Waals surface area contributed by atoms with Gasteiger partial charge in [0.2, 0.25) is 0 Å². The highest BCUT2D eigenvalue weighted by molar-refractivity contribution is 4.95. The van der Waals surface area contributed by atoms with E-state index in [-0.39, 0.29) is 0 Å². The monoisotopic (exact) mass is 198 g/mol. The van der Waals surface area contributed by atoms with Crippen LogP contribution in [0.1, 0.15) is 47.5 Å². The lowest BCUT2D eigenvalue weighted by Crippen LogP contribution is -2.63. The van der Waals surface area contributed by atoms with Gasteiger partial charge in [0, 0.05) is 30.7 Å². The van der Waals surface area contributed by atoms with E-state index in [1.54, 1.807) is 0 Å². The summed E-state index contributed by atoms with van der Waals surface area (Å²) in [5.74, 6) is 0. The van der Waals surface area contributed by atoms with Crippen LogP contribution in [0.25, 0.3) is 0 Å². The summed E-state index contributed by atoms with van der Waals surface area (Å²) in [7, 11) is 0. The molecular weight excluding hydrogens is 172 g/mol. The van der Waals surface area contributed by atoms with Crippen LogP contribution in [-0.2, 0) is 0 Å². The summed E-state index contributed by atoms with van der Waals surface area (Å²) >= 11 is 0. The second kappa shape index (κ2) is 4.19. The van der Waals surface area contributed by atoms with Gasteiger partial charge in [0.15, 0.2) is 0 Å². The van der Waals surface area contributed by atoms with E-state index in [0.29, 0.717) is 11.1 Å². The van der Waals surface area contributed by atoms with Crippen LogP contribution in [0.2, 0.25) is 0 Å². The van der Waals surface area contributed by atoms with Crippen molar-refractivity contribution in [2.75, 3.05) is 19.6 Å². The van der Waals surface area contributed by atoms with Gasteiger partial charge in [-0.3, -0.25) is 4.90 Å². The Morgan fingerprint density at radius 2 is 1.79 bits per heavy atom. The molecule has 1 heterocycles. The summed E-state index contributed by atoms with van der Waals surface area (Å²) in [5, 5.41) is 3.69. The van der Waals surface area contributed by atoms with Gasteiger partial charge < -0.3 is 5.32 Å². The predicted molar refractivity (Wildman–Crippen MR) is 62.6 cm³/mol. The summed E-state index contributed by atoms with van der Waals surface area (Å²) in [6.45, 7) is 15.1. The Bertz CT molecular complexity index is 177. The highest BCUT2D eigenvalue weighted by Gasteiger charge is 2.35. The third kappa shape index (κ3) is 2.48. The third-order valence-electron chi connectivity index (χ3n) is 3.68. The first kappa shape index (κ1) is 12.0. The van der Waals surface area contributed by atoms with Gasteiger partial charge in [-0.1, -0.05) is 13.8 Å². The Morgan fingerprint density at radius 3 is 2.21 bits per heavy atom. The molecule has 0 bridgehead atoms. The summed E-state index contributed by atoms with van der Waals surface area (Å²) in [4.78, 5) is 2.61. The Kier molecular flexibility index (Phi) is 3.59. The van der Waals surface area contributed by atoms with Crippen molar-refractivity contribution in [1.82, 2.24) is 10.2 Å². The van der Waals surface area contributed by atoms with Gasteiger partial charge in [0.05, 0.1) is 0 Å². The van der Waals surface area contributed by atoms with E-state index < -0.39 is 0 Å². The zero-order valence-electron chi connectivity index (χ0n) is 10.5. The molecule has 0 amide bonds. The Balaban J connectivity index is 2.68. The highest BCUT2D eigenvalue weighted by Crippen LogP contribution is 2.24. The van der Waals surface area contributed by atoms with Crippen molar-refractivity contribution in [1.29, 1.82) is 0 Å².